The van der Waals surface area contributed by atoms with Gasteiger partial charge in [0.2, 0.25) is 0 Å². The first kappa shape index (κ1) is 24.6. The van der Waals surface area contributed by atoms with E-state index in [0.29, 0.717) is 12.8 Å². The zero-order chi connectivity index (χ0) is 20.1. The Bertz CT molecular complexity index is 540. The molecule has 1 unspecified atom stereocenters. The molecular weight excluding hydrogens is 356 g/mol. The molecule has 0 fully saturated rings. The Morgan fingerprint density at radius 2 is 1.38 bits per heavy atom. The van der Waals surface area contributed by atoms with Gasteiger partial charge in [-0.05, 0) is 12.8 Å². The highest BCUT2D eigenvalue weighted by atomic mass is 32.2. The molecule has 0 rings (SSSR count). The van der Waals surface area contributed by atoms with E-state index in [-0.39, 0.29) is 5.75 Å². The third kappa shape index (κ3) is 8.34. The van der Waals surface area contributed by atoms with Crippen molar-refractivity contribution in [2.24, 2.45) is 0 Å². The van der Waals surface area contributed by atoms with Gasteiger partial charge in [0.05, 0.1) is 12.2 Å². The Kier molecular flexibility index (Phi) is 12.2. The van der Waals surface area contributed by atoms with Gasteiger partial charge in [0.1, 0.15) is 0 Å². The highest BCUT2D eigenvalue weighted by molar-refractivity contribution is 7.93. The van der Waals surface area contributed by atoms with Gasteiger partial charge in [0.15, 0.2) is 14.6 Å². The van der Waals surface area contributed by atoms with Crippen molar-refractivity contribution in [2.45, 2.75) is 88.7 Å². The maximum Gasteiger partial charge on any atom is 0.325 e. The van der Waals surface area contributed by atoms with Crippen LogP contribution in [0.4, 0.5) is 0 Å². The highest BCUT2D eigenvalue weighted by Gasteiger charge is 2.51. The van der Waals surface area contributed by atoms with E-state index in [1.807, 2.05) is 0 Å². The van der Waals surface area contributed by atoms with Crippen LogP contribution in [0.5, 0.6) is 0 Å². The first-order valence-electron chi connectivity index (χ1n) is 9.52. The van der Waals surface area contributed by atoms with E-state index in [0.717, 1.165) is 25.3 Å². The van der Waals surface area contributed by atoms with Gasteiger partial charge in [-0.25, -0.2) is 8.42 Å². The smallest absolute Gasteiger partial charge is 0.325 e. The summed E-state index contributed by atoms with van der Waals surface area (Å²) in [5.41, 5.74) is 0. The normalized spacial score (nSPS) is 13.9. The molecule has 0 saturated carbocycles. The number of carbonyl (C=O) groups is 2. The van der Waals surface area contributed by atoms with Gasteiger partial charge in [-0.15, -0.1) is 6.58 Å². The molecule has 1 atom stereocenters. The summed E-state index contributed by atoms with van der Waals surface area (Å²) in [6, 6.07) is 0. The summed E-state index contributed by atoms with van der Waals surface area (Å²) in [6.45, 7) is 5.56. The fourth-order valence-electron chi connectivity index (χ4n) is 3.06. The maximum absolute atomic E-state index is 12.6. The number of unbranched alkanes of at least 4 members (excludes halogenated alkanes) is 9. The van der Waals surface area contributed by atoms with E-state index in [9.17, 15) is 23.1 Å². The predicted molar refractivity (Wildman–Crippen MR) is 103 cm³/mol. The average Bonchev–Trinajstić information content (AvgIpc) is 2.55. The Labute approximate surface area is 157 Å². The predicted octanol–water partition coefficient (Wildman–Crippen LogP) is 4.20. The average molecular weight is 391 g/mol. The van der Waals surface area contributed by atoms with Crippen LogP contribution >= 0.6 is 0 Å². The van der Waals surface area contributed by atoms with Crippen molar-refractivity contribution >= 4 is 21.8 Å². The van der Waals surface area contributed by atoms with Gasteiger partial charge in [0.25, 0.3) is 0 Å². The first-order valence-corrected chi connectivity index (χ1v) is 11.2. The van der Waals surface area contributed by atoms with E-state index in [1.54, 1.807) is 0 Å². The zero-order valence-corrected chi connectivity index (χ0v) is 16.7. The summed E-state index contributed by atoms with van der Waals surface area (Å²) in [6.07, 6.45) is 10.1. The minimum Gasteiger partial charge on any atom is -0.481 e. The molecule has 0 aromatic rings. The molecule has 0 radical (unpaired) electrons. The zero-order valence-electron chi connectivity index (χ0n) is 15.9. The Morgan fingerprint density at radius 1 is 0.923 bits per heavy atom. The second kappa shape index (κ2) is 12.9. The minimum absolute atomic E-state index is 0.309. The van der Waals surface area contributed by atoms with Crippen molar-refractivity contribution in [2.75, 3.05) is 5.75 Å². The molecule has 152 valence electrons. The molecule has 6 nitrogen and oxygen atoms in total. The molecule has 0 aliphatic heterocycles. The van der Waals surface area contributed by atoms with E-state index >= 15 is 0 Å². The van der Waals surface area contributed by atoms with Crippen LogP contribution in [0.15, 0.2) is 12.7 Å². The van der Waals surface area contributed by atoms with Gasteiger partial charge in [0, 0.05) is 0 Å². The van der Waals surface area contributed by atoms with Crippen molar-refractivity contribution in [1.29, 1.82) is 0 Å². The number of hydrogen-bond donors (Lipinski definition) is 2. The molecule has 0 heterocycles. The molecule has 0 saturated heterocycles. The second-order valence-corrected chi connectivity index (χ2v) is 9.28. The van der Waals surface area contributed by atoms with Crippen molar-refractivity contribution in [3.05, 3.63) is 12.7 Å². The molecule has 7 heteroatoms. The van der Waals surface area contributed by atoms with Crippen LogP contribution in [0.25, 0.3) is 0 Å². The monoisotopic (exact) mass is 390 g/mol. The van der Waals surface area contributed by atoms with Gasteiger partial charge >= 0.3 is 11.9 Å². The summed E-state index contributed by atoms with van der Waals surface area (Å²) >= 11 is 0. The molecule has 2 N–H and O–H groups in total. The van der Waals surface area contributed by atoms with E-state index in [1.165, 1.54) is 32.1 Å². The maximum atomic E-state index is 12.6. The van der Waals surface area contributed by atoms with Crippen LogP contribution in [-0.4, -0.2) is 41.1 Å². The summed E-state index contributed by atoms with van der Waals surface area (Å²) in [7, 11) is -4.10. The third-order valence-corrected chi connectivity index (χ3v) is 7.16. The molecule has 0 aliphatic rings. The lowest BCUT2D eigenvalue weighted by Crippen LogP contribution is -2.49. The van der Waals surface area contributed by atoms with Crippen LogP contribution < -0.4 is 0 Å². The van der Waals surface area contributed by atoms with Gasteiger partial charge < -0.3 is 10.2 Å². The standard InChI is InChI=1S/C19H34O6S/c1-3-5-6-7-8-9-10-11-12-13-15-26(24,25)19(14-4-2,18(22)23)16-17(20)21/h4H,2-3,5-16H2,1H3,(H,20,21)(H,22,23). The molecule has 0 aliphatic carbocycles. The van der Waals surface area contributed by atoms with Gasteiger partial charge in [-0.3, -0.25) is 9.59 Å². The third-order valence-electron chi connectivity index (χ3n) is 4.66. The van der Waals surface area contributed by atoms with Crippen molar-refractivity contribution in [3.63, 3.8) is 0 Å². The van der Waals surface area contributed by atoms with Crippen LogP contribution in [0.1, 0.15) is 84.0 Å². The van der Waals surface area contributed by atoms with Crippen molar-refractivity contribution in [3.8, 4) is 0 Å². The summed E-state index contributed by atoms with van der Waals surface area (Å²) in [5, 5.41) is 18.4. The van der Waals surface area contributed by atoms with Crippen LogP contribution in [0.3, 0.4) is 0 Å². The fraction of sp³-hybridized carbons (Fsp3) is 0.789. The lowest BCUT2D eigenvalue weighted by Gasteiger charge is -2.26. The largest absolute Gasteiger partial charge is 0.481 e. The number of rotatable bonds is 17. The molecular formula is C19H34O6S. The number of sulfone groups is 1. The molecule has 0 aromatic carbocycles. The summed E-state index contributed by atoms with van der Waals surface area (Å²) in [4.78, 5) is 22.6. The summed E-state index contributed by atoms with van der Waals surface area (Å²) < 4.78 is 22.8. The number of aliphatic carboxylic acids is 2. The highest BCUT2D eigenvalue weighted by Crippen LogP contribution is 2.29. The first-order chi connectivity index (χ1) is 12.2. The second-order valence-electron chi connectivity index (χ2n) is 6.86. The van der Waals surface area contributed by atoms with Crippen molar-refractivity contribution in [1.82, 2.24) is 0 Å². The molecule has 0 spiro atoms. The number of hydrogen-bond acceptors (Lipinski definition) is 4. The van der Waals surface area contributed by atoms with Crippen molar-refractivity contribution < 1.29 is 28.2 Å². The van der Waals surface area contributed by atoms with Crippen LogP contribution in [0, 0.1) is 0 Å². The Morgan fingerprint density at radius 3 is 1.77 bits per heavy atom. The number of allylic oxidation sites excluding steroid dienone is 1. The lowest BCUT2D eigenvalue weighted by atomic mass is 10.0. The molecule has 26 heavy (non-hydrogen) atoms. The van der Waals surface area contributed by atoms with E-state index in [4.69, 9.17) is 5.11 Å². The number of carboxylic acids is 2. The Balaban J connectivity index is 4.45. The number of carboxylic acid groups (broad SMARTS) is 2. The van der Waals surface area contributed by atoms with E-state index < -0.39 is 39.4 Å². The SMILES string of the molecule is C=CCC(CC(=O)O)(C(=O)O)S(=O)(=O)CCCCCCCCCCCC. The van der Waals surface area contributed by atoms with Crippen LogP contribution in [-0.2, 0) is 19.4 Å². The fourth-order valence-corrected chi connectivity index (χ4v) is 5.01. The molecule has 0 bridgehead atoms. The van der Waals surface area contributed by atoms with Gasteiger partial charge in [-0.1, -0.05) is 70.8 Å². The minimum atomic E-state index is -4.10. The Hall–Kier alpha value is -1.37. The van der Waals surface area contributed by atoms with E-state index in [2.05, 4.69) is 13.5 Å². The van der Waals surface area contributed by atoms with Crippen LogP contribution in [0.2, 0.25) is 0 Å². The lowest BCUT2D eigenvalue weighted by molar-refractivity contribution is -0.146. The summed E-state index contributed by atoms with van der Waals surface area (Å²) in [5.74, 6) is -3.37. The molecule has 0 amide bonds. The quantitative estimate of drug-likeness (QED) is 0.285. The topological polar surface area (TPSA) is 109 Å². The molecule has 0 aromatic heterocycles. The van der Waals surface area contributed by atoms with Gasteiger partial charge in [-0.2, -0.15) is 0 Å².